The molecule has 0 unspecified atom stereocenters. The fraction of sp³-hybridized carbons (Fsp3) is 0.125. The molecule has 2 nitrogen and oxygen atoms in total. The van der Waals surface area contributed by atoms with E-state index in [9.17, 15) is 4.39 Å². The fourth-order valence-corrected chi connectivity index (χ4v) is 2.66. The third-order valence-corrected chi connectivity index (χ3v) is 3.89. The van der Waals surface area contributed by atoms with Gasteiger partial charge in [0, 0.05) is 30.2 Å². The van der Waals surface area contributed by atoms with Crippen LogP contribution in [0.2, 0.25) is 5.02 Å². The first kappa shape index (κ1) is 13.2. The van der Waals surface area contributed by atoms with Crippen LogP contribution in [0.3, 0.4) is 0 Å². The first-order chi connectivity index (χ1) is 9.70. The highest BCUT2D eigenvalue weighted by atomic mass is 35.5. The number of benzene rings is 2. The summed E-state index contributed by atoms with van der Waals surface area (Å²) in [5.41, 5.74) is 8.69. The summed E-state index contributed by atoms with van der Waals surface area (Å²) in [6.45, 7) is 1.00. The number of hydrogen-bond donors (Lipinski definition) is 1. The summed E-state index contributed by atoms with van der Waals surface area (Å²) in [5.74, 6) is -0.389. The Bertz CT molecular complexity index is 764. The summed E-state index contributed by atoms with van der Waals surface area (Å²) in [6.07, 6.45) is 2.01. The zero-order chi connectivity index (χ0) is 14.1. The molecule has 0 aliphatic rings. The molecule has 3 aromatic rings. The molecular formula is C16H14ClFN2. The van der Waals surface area contributed by atoms with E-state index in [1.807, 2.05) is 36.5 Å². The maximum Gasteiger partial charge on any atom is 0.142 e. The first-order valence-electron chi connectivity index (χ1n) is 6.40. The highest BCUT2D eigenvalue weighted by Gasteiger charge is 2.10. The number of halogens is 2. The number of fused-ring (bicyclic) bond motifs is 1. The number of nitrogens with zero attached hydrogens (tertiary/aromatic N) is 1. The summed E-state index contributed by atoms with van der Waals surface area (Å²) in [4.78, 5) is 0. The van der Waals surface area contributed by atoms with E-state index in [0.29, 0.717) is 13.1 Å². The monoisotopic (exact) mass is 288 g/mol. The molecule has 4 heteroatoms. The van der Waals surface area contributed by atoms with E-state index in [1.165, 1.54) is 6.07 Å². The predicted molar refractivity (Wildman–Crippen MR) is 80.3 cm³/mol. The Labute approximate surface area is 121 Å². The minimum absolute atomic E-state index is 0.180. The van der Waals surface area contributed by atoms with Crippen molar-refractivity contribution in [3.05, 3.63) is 70.6 Å². The fourth-order valence-electron chi connectivity index (χ4n) is 2.47. The van der Waals surface area contributed by atoms with Crippen LogP contribution in [-0.2, 0) is 13.1 Å². The topological polar surface area (TPSA) is 30.9 Å². The predicted octanol–water partition coefficient (Wildman–Crippen LogP) is 3.94. The number of para-hydroxylation sites is 1. The molecule has 0 bridgehead atoms. The van der Waals surface area contributed by atoms with Crippen LogP contribution < -0.4 is 5.73 Å². The SMILES string of the molecule is NCc1cn(Cc2cccc(F)c2Cl)c2ccccc12. The molecule has 0 aliphatic heterocycles. The van der Waals surface area contributed by atoms with Crippen molar-refractivity contribution in [3.8, 4) is 0 Å². The molecule has 0 saturated carbocycles. The normalized spacial score (nSPS) is 11.2. The Morgan fingerprint density at radius 3 is 2.65 bits per heavy atom. The van der Waals surface area contributed by atoms with Crippen molar-refractivity contribution in [2.75, 3.05) is 0 Å². The lowest BCUT2D eigenvalue weighted by molar-refractivity contribution is 0.624. The molecule has 2 N–H and O–H groups in total. The summed E-state index contributed by atoms with van der Waals surface area (Å²) < 4.78 is 15.6. The van der Waals surface area contributed by atoms with Crippen LogP contribution in [0.5, 0.6) is 0 Å². The Morgan fingerprint density at radius 1 is 1.05 bits per heavy atom. The summed E-state index contributed by atoms with van der Waals surface area (Å²) in [5, 5.41) is 1.31. The smallest absolute Gasteiger partial charge is 0.142 e. The Morgan fingerprint density at radius 2 is 1.85 bits per heavy atom. The van der Waals surface area contributed by atoms with E-state index in [2.05, 4.69) is 4.57 Å². The number of rotatable bonds is 3. The molecule has 0 amide bonds. The van der Waals surface area contributed by atoms with Crippen LogP contribution in [0, 0.1) is 5.82 Å². The zero-order valence-corrected chi connectivity index (χ0v) is 11.6. The van der Waals surface area contributed by atoms with Crippen molar-refractivity contribution < 1.29 is 4.39 Å². The van der Waals surface area contributed by atoms with Crippen LogP contribution in [0.15, 0.2) is 48.7 Å². The summed E-state index contributed by atoms with van der Waals surface area (Å²) >= 11 is 6.02. The van der Waals surface area contributed by atoms with E-state index in [0.717, 1.165) is 22.0 Å². The standard InChI is InChI=1S/C16H14ClFN2/c17-16-11(4-3-6-14(16)18)9-20-10-12(8-19)13-5-1-2-7-15(13)20/h1-7,10H,8-9,19H2. The van der Waals surface area contributed by atoms with E-state index in [-0.39, 0.29) is 10.8 Å². The van der Waals surface area contributed by atoms with Gasteiger partial charge in [0.15, 0.2) is 0 Å². The van der Waals surface area contributed by atoms with Gasteiger partial charge in [-0.1, -0.05) is 41.9 Å². The Hall–Kier alpha value is -1.84. The molecular weight excluding hydrogens is 275 g/mol. The van der Waals surface area contributed by atoms with Gasteiger partial charge in [0.1, 0.15) is 5.82 Å². The summed E-state index contributed by atoms with van der Waals surface area (Å²) in [6, 6.07) is 12.9. The van der Waals surface area contributed by atoms with Gasteiger partial charge in [-0.25, -0.2) is 4.39 Å². The molecule has 0 aliphatic carbocycles. The molecule has 0 fully saturated rings. The second-order valence-electron chi connectivity index (χ2n) is 4.72. The van der Waals surface area contributed by atoms with Crippen molar-refractivity contribution in [2.45, 2.75) is 13.1 Å². The highest BCUT2D eigenvalue weighted by Crippen LogP contribution is 2.25. The lowest BCUT2D eigenvalue weighted by atomic mass is 10.2. The van der Waals surface area contributed by atoms with Gasteiger partial charge in [-0.2, -0.15) is 0 Å². The van der Waals surface area contributed by atoms with Crippen LogP contribution in [0.25, 0.3) is 10.9 Å². The van der Waals surface area contributed by atoms with Crippen LogP contribution in [0.1, 0.15) is 11.1 Å². The van der Waals surface area contributed by atoms with Gasteiger partial charge < -0.3 is 10.3 Å². The van der Waals surface area contributed by atoms with Gasteiger partial charge in [-0.05, 0) is 23.3 Å². The lowest BCUT2D eigenvalue weighted by Gasteiger charge is -2.08. The van der Waals surface area contributed by atoms with Crippen molar-refractivity contribution in [1.29, 1.82) is 0 Å². The molecule has 0 atom stereocenters. The minimum atomic E-state index is -0.389. The molecule has 1 aromatic heterocycles. The highest BCUT2D eigenvalue weighted by molar-refractivity contribution is 6.31. The average molecular weight is 289 g/mol. The number of hydrogen-bond acceptors (Lipinski definition) is 1. The maximum atomic E-state index is 13.5. The molecule has 0 saturated heterocycles. The molecule has 1 heterocycles. The van der Waals surface area contributed by atoms with E-state index < -0.39 is 0 Å². The van der Waals surface area contributed by atoms with Crippen LogP contribution in [-0.4, -0.2) is 4.57 Å². The van der Waals surface area contributed by atoms with E-state index in [4.69, 9.17) is 17.3 Å². The zero-order valence-electron chi connectivity index (χ0n) is 10.8. The Balaban J connectivity index is 2.09. The van der Waals surface area contributed by atoms with Gasteiger partial charge in [-0.15, -0.1) is 0 Å². The van der Waals surface area contributed by atoms with Gasteiger partial charge in [0.2, 0.25) is 0 Å². The minimum Gasteiger partial charge on any atom is -0.343 e. The van der Waals surface area contributed by atoms with Gasteiger partial charge in [-0.3, -0.25) is 0 Å². The lowest BCUT2D eigenvalue weighted by Crippen LogP contribution is -2.00. The van der Waals surface area contributed by atoms with Crippen molar-refractivity contribution in [1.82, 2.24) is 4.57 Å². The third kappa shape index (κ3) is 2.19. The molecule has 102 valence electrons. The molecule has 3 rings (SSSR count). The second-order valence-corrected chi connectivity index (χ2v) is 5.09. The molecule has 0 radical (unpaired) electrons. The van der Waals surface area contributed by atoms with E-state index >= 15 is 0 Å². The van der Waals surface area contributed by atoms with Crippen molar-refractivity contribution in [3.63, 3.8) is 0 Å². The van der Waals surface area contributed by atoms with Crippen molar-refractivity contribution >= 4 is 22.5 Å². The van der Waals surface area contributed by atoms with E-state index in [1.54, 1.807) is 6.07 Å². The van der Waals surface area contributed by atoms with Gasteiger partial charge in [0.25, 0.3) is 0 Å². The largest absolute Gasteiger partial charge is 0.343 e. The first-order valence-corrected chi connectivity index (χ1v) is 6.78. The summed E-state index contributed by atoms with van der Waals surface area (Å²) in [7, 11) is 0. The third-order valence-electron chi connectivity index (χ3n) is 3.46. The number of nitrogens with two attached hydrogens (primary N) is 1. The molecule has 2 aromatic carbocycles. The van der Waals surface area contributed by atoms with Crippen LogP contribution >= 0.6 is 11.6 Å². The van der Waals surface area contributed by atoms with Crippen molar-refractivity contribution in [2.24, 2.45) is 5.73 Å². The van der Waals surface area contributed by atoms with Crippen LogP contribution in [0.4, 0.5) is 4.39 Å². The average Bonchev–Trinajstić information content (AvgIpc) is 2.82. The Kier molecular flexibility index (Phi) is 3.47. The maximum absolute atomic E-state index is 13.5. The second kappa shape index (κ2) is 5.27. The van der Waals surface area contributed by atoms with Gasteiger partial charge in [0.05, 0.1) is 5.02 Å². The number of aromatic nitrogens is 1. The molecule has 20 heavy (non-hydrogen) atoms. The van der Waals surface area contributed by atoms with Gasteiger partial charge >= 0.3 is 0 Å². The quantitative estimate of drug-likeness (QED) is 0.777. The molecule has 0 spiro atoms.